The first-order valence-electron chi connectivity index (χ1n) is 9.04. The number of hydrogen-bond donors (Lipinski definition) is 2. The molecule has 27 heavy (non-hydrogen) atoms. The fraction of sp³-hybridized carbons (Fsp3) is 0.429. The van der Waals surface area contributed by atoms with Crippen molar-refractivity contribution in [1.82, 2.24) is 0 Å². The average molecular weight is 382 g/mol. The van der Waals surface area contributed by atoms with Crippen LogP contribution in [0.15, 0.2) is 36.4 Å². The van der Waals surface area contributed by atoms with Crippen molar-refractivity contribution in [2.24, 2.45) is 0 Å². The summed E-state index contributed by atoms with van der Waals surface area (Å²) >= 11 is 0. The van der Waals surface area contributed by atoms with E-state index in [1.54, 1.807) is 13.0 Å². The Morgan fingerprint density at radius 3 is 2.19 bits per heavy atom. The quantitative estimate of drug-likeness (QED) is 0.675. The first-order chi connectivity index (χ1) is 12.7. The maximum absolute atomic E-state index is 14.7. The van der Waals surface area contributed by atoms with Crippen LogP contribution in [-0.2, 0) is 5.41 Å². The lowest BCUT2D eigenvalue weighted by Crippen LogP contribution is -2.39. The Bertz CT molecular complexity index is 825. The number of rotatable bonds is 4. The van der Waals surface area contributed by atoms with Crippen molar-refractivity contribution in [1.29, 1.82) is 0 Å². The van der Waals surface area contributed by atoms with Gasteiger partial charge in [-0.15, -0.1) is 0 Å². The molecule has 0 heterocycles. The Balaban J connectivity index is 2.27. The van der Waals surface area contributed by atoms with E-state index in [0.717, 1.165) is 12.1 Å². The van der Waals surface area contributed by atoms with Gasteiger partial charge in [-0.25, -0.2) is 17.6 Å². The molecule has 1 unspecified atom stereocenters. The smallest absolute Gasteiger partial charge is 0.248 e. The topological polar surface area (TPSA) is 40.5 Å². The van der Waals surface area contributed by atoms with Gasteiger partial charge in [0.2, 0.25) is 5.92 Å². The summed E-state index contributed by atoms with van der Waals surface area (Å²) in [6.45, 7) is 1.71. The Kier molecular flexibility index (Phi) is 5.21. The predicted octanol–water partition coefficient (Wildman–Crippen LogP) is 5.61. The second-order valence-corrected chi connectivity index (χ2v) is 7.23. The van der Waals surface area contributed by atoms with Crippen LogP contribution in [0.5, 0.6) is 5.75 Å². The van der Waals surface area contributed by atoms with Crippen LogP contribution in [0.2, 0.25) is 0 Å². The van der Waals surface area contributed by atoms with Gasteiger partial charge >= 0.3 is 0 Å². The number of benzene rings is 2. The molecule has 1 fully saturated rings. The van der Waals surface area contributed by atoms with Gasteiger partial charge in [-0.1, -0.05) is 25.1 Å². The number of alkyl halides is 2. The van der Waals surface area contributed by atoms with Crippen LogP contribution < -0.4 is 0 Å². The highest BCUT2D eigenvalue weighted by atomic mass is 19.3. The molecular weight excluding hydrogens is 360 g/mol. The minimum Gasteiger partial charge on any atom is -0.505 e. The number of aromatic hydroxyl groups is 1. The van der Waals surface area contributed by atoms with Crippen LogP contribution in [0, 0.1) is 11.6 Å². The fourth-order valence-corrected chi connectivity index (χ4v) is 4.06. The van der Waals surface area contributed by atoms with E-state index >= 15 is 0 Å². The molecular formula is C21H22F4O2. The summed E-state index contributed by atoms with van der Waals surface area (Å²) in [5, 5.41) is 20.2. The van der Waals surface area contributed by atoms with E-state index in [9.17, 15) is 27.8 Å². The lowest BCUT2D eigenvalue weighted by molar-refractivity contribution is -0.0476. The van der Waals surface area contributed by atoms with Crippen LogP contribution >= 0.6 is 0 Å². The van der Waals surface area contributed by atoms with Crippen molar-refractivity contribution in [2.75, 3.05) is 0 Å². The number of phenols is 1. The average Bonchev–Trinajstić information content (AvgIpc) is 2.64. The number of aliphatic hydroxyl groups is 1. The SMILES string of the molecule is CCC(O)c1cc(O)c(F)cc1C1(c2ccccc2F)CCC(F)(F)CC1. The number of phenolic OH excluding ortho intramolecular Hbond substituents is 1. The highest BCUT2D eigenvalue weighted by Crippen LogP contribution is 2.52. The van der Waals surface area contributed by atoms with Gasteiger partial charge in [-0.2, -0.15) is 0 Å². The maximum Gasteiger partial charge on any atom is 0.248 e. The lowest BCUT2D eigenvalue weighted by atomic mass is 9.63. The van der Waals surface area contributed by atoms with E-state index < -0.39 is 47.7 Å². The fourth-order valence-electron chi connectivity index (χ4n) is 4.06. The molecule has 2 N–H and O–H groups in total. The van der Waals surface area contributed by atoms with Crippen molar-refractivity contribution >= 4 is 0 Å². The van der Waals surface area contributed by atoms with Gasteiger partial charge < -0.3 is 10.2 Å². The van der Waals surface area contributed by atoms with Crippen molar-refractivity contribution < 1.29 is 27.8 Å². The molecule has 0 radical (unpaired) electrons. The zero-order chi connectivity index (χ0) is 19.8. The first-order valence-corrected chi connectivity index (χ1v) is 9.04. The van der Waals surface area contributed by atoms with Gasteiger partial charge in [-0.05, 0) is 54.2 Å². The molecule has 0 aromatic heterocycles. The monoisotopic (exact) mass is 382 g/mol. The van der Waals surface area contributed by atoms with Crippen molar-refractivity contribution in [2.45, 2.75) is 56.5 Å². The third-order valence-corrected chi connectivity index (χ3v) is 5.60. The van der Waals surface area contributed by atoms with Crippen LogP contribution in [0.3, 0.4) is 0 Å². The van der Waals surface area contributed by atoms with E-state index in [1.165, 1.54) is 18.2 Å². The largest absolute Gasteiger partial charge is 0.505 e. The summed E-state index contributed by atoms with van der Waals surface area (Å²) in [6.07, 6.45) is -1.86. The Labute approximate surface area is 155 Å². The molecule has 2 aromatic carbocycles. The molecule has 146 valence electrons. The Hall–Kier alpha value is -2.08. The van der Waals surface area contributed by atoms with Crippen LogP contribution in [-0.4, -0.2) is 16.1 Å². The first kappa shape index (κ1) is 19.7. The van der Waals surface area contributed by atoms with E-state index in [2.05, 4.69) is 0 Å². The zero-order valence-electron chi connectivity index (χ0n) is 15.0. The number of halogens is 4. The highest BCUT2D eigenvalue weighted by Gasteiger charge is 2.47. The summed E-state index contributed by atoms with van der Waals surface area (Å²) in [6, 6.07) is 8.05. The van der Waals surface area contributed by atoms with Crippen molar-refractivity contribution in [3.8, 4) is 5.75 Å². The third-order valence-electron chi connectivity index (χ3n) is 5.60. The molecule has 0 spiro atoms. The van der Waals surface area contributed by atoms with Crippen molar-refractivity contribution in [3.05, 3.63) is 64.7 Å². The van der Waals surface area contributed by atoms with Gasteiger partial charge in [-0.3, -0.25) is 0 Å². The minimum absolute atomic E-state index is 0.0887. The molecule has 3 rings (SSSR count). The van der Waals surface area contributed by atoms with Crippen LogP contribution in [0.1, 0.15) is 61.8 Å². The summed E-state index contributed by atoms with van der Waals surface area (Å²) < 4.78 is 56.7. The third kappa shape index (κ3) is 3.55. The second-order valence-electron chi connectivity index (χ2n) is 7.23. The molecule has 0 bridgehead atoms. The summed E-state index contributed by atoms with van der Waals surface area (Å²) in [4.78, 5) is 0. The molecule has 0 saturated heterocycles. The van der Waals surface area contributed by atoms with Crippen LogP contribution in [0.4, 0.5) is 17.6 Å². The molecule has 2 aromatic rings. The molecule has 1 aliphatic carbocycles. The molecule has 1 aliphatic rings. The number of hydrogen-bond acceptors (Lipinski definition) is 2. The van der Waals surface area contributed by atoms with E-state index in [-0.39, 0.29) is 36.0 Å². The lowest BCUT2D eigenvalue weighted by Gasteiger charge is -2.42. The Morgan fingerprint density at radius 2 is 1.59 bits per heavy atom. The van der Waals surface area contributed by atoms with E-state index in [0.29, 0.717) is 0 Å². The van der Waals surface area contributed by atoms with Gasteiger partial charge in [0, 0.05) is 18.3 Å². The van der Waals surface area contributed by atoms with Crippen molar-refractivity contribution in [3.63, 3.8) is 0 Å². The van der Waals surface area contributed by atoms with E-state index in [1.807, 2.05) is 0 Å². The summed E-state index contributed by atoms with van der Waals surface area (Å²) in [5.41, 5.74) is -0.500. The second kappa shape index (κ2) is 7.15. The normalized spacial score (nSPS) is 19.6. The molecule has 1 atom stereocenters. The predicted molar refractivity (Wildman–Crippen MR) is 93.9 cm³/mol. The van der Waals surface area contributed by atoms with Gasteiger partial charge in [0.25, 0.3) is 0 Å². The molecule has 6 heteroatoms. The standard InChI is InChI=1S/C21H22F4O2/c1-2-18(26)13-11-19(27)17(23)12-15(13)20(7-9-21(24,25)10-8-20)14-5-3-4-6-16(14)22/h3-6,11-12,18,26-27H,2,7-10H2,1H3. The van der Waals surface area contributed by atoms with Gasteiger partial charge in [0.15, 0.2) is 11.6 Å². The highest BCUT2D eigenvalue weighted by molar-refractivity contribution is 5.49. The van der Waals surface area contributed by atoms with Gasteiger partial charge in [0.05, 0.1) is 6.10 Å². The maximum atomic E-state index is 14.7. The van der Waals surface area contributed by atoms with Crippen LogP contribution in [0.25, 0.3) is 0 Å². The molecule has 2 nitrogen and oxygen atoms in total. The van der Waals surface area contributed by atoms with Gasteiger partial charge in [0.1, 0.15) is 5.82 Å². The summed E-state index contributed by atoms with van der Waals surface area (Å²) in [5.74, 6) is -4.99. The molecule has 1 saturated carbocycles. The summed E-state index contributed by atoms with van der Waals surface area (Å²) in [7, 11) is 0. The minimum atomic E-state index is -2.87. The molecule has 0 aliphatic heterocycles. The van der Waals surface area contributed by atoms with E-state index in [4.69, 9.17) is 0 Å². The molecule has 0 amide bonds. The number of aliphatic hydroxyl groups excluding tert-OH is 1. The zero-order valence-corrected chi connectivity index (χ0v) is 15.0. The Morgan fingerprint density at radius 1 is 0.963 bits per heavy atom.